The molecule has 0 aromatic heterocycles. The predicted octanol–water partition coefficient (Wildman–Crippen LogP) is -0.902. The van der Waals surface area contributed by atoms with E-state index >= 15 is 0 Å². The second-order valence-electron chi connectivity index (χ2n) is 5.30. The van der Waals surface area contributed by atoms with Gasteiger partial charge in [-0.1, -0.05) is 12.1 Å². The first kappa shape index (κ1) is 14.9. The molecule has 3 rings (SSSR count). The largest absolute Gasteiger partial charge is 0.377 e. The molecule has 3 unspecified atom stereocenters. The van der Waals surface area contributed by atoms with Gasteiger partial charge in [-0.3, -0.25) is 10.2 Å². The predicted molar refractivity (Wildman–Crippen MR) is 74.6 cm³/mol. The van der Waals surface area contributed by atoms with E-state index in [4.69, 9.17) is 15.0 Å². The smallest absolute Gasteiger partial charge is 0.274 e. The first-order chi connectivity index (χ1) is 10.7. The summed E-state index contributed by atoms with van der Waals surface area (Å²) >= 11 is 0. The molecule has 3 aliphatic heterocycles. The van der Waals surface area contributed by atoms with Crippen LogP contribution < -0.4 is 21.4 Å². The number of carbonyl (C=O) groups excluding carboxylic acids is 1. The molecule has 0 aromatic carbocycles. The van der Waals surface area contributed by atoms with E-state index in [0.717, 1.165) is 12.8 Å². The average molecular weight is 311 g/mol. The molecule has 0 aromatic rings. The fraction of sp³-hybridized carbons (Fsp3) is 0.750. The molecule has 10 heteroatoms. The maximum Gasteiger partial charge on any atom is 0.274 e. The van der Waals surface area contributed by atoms with E-state index in [1.807, 2.05) is 4.90 Å². The molecule has 1 amide bonds. The van der Waals surface area contributed by atoms with Gasteiger partial charge in [-0.15, -0.1) is 0 Å². The van der Waals surface area contributed by atoms with Gasteiger partial charge in [0.05, 0.1) is 19.4 Å². The van der Waals surface area contributed by atoms with Crippen LogP contribution in [0.5, 0.6) is 0 Å². The average Bonchev–Trinajstić information content (AvgIpc) is 2.79. The summed E-state index contributed by atoms with van der Waals surface area (Å²) in [7, 11) is 0. The monoisotopic (exact) mass is 311 g/mol. The highest BCUT2D eigenvalue weighted by atomic mass is 16.6. The van der Waals surface area contributed by atoms with Gasteiger partial charge in [0.25, 0.3) is 5.91 Å². The Kier molecular flexibility index (Phi) is 4.29. The zero-order chi connectivity index (χ0) is 15.5. The Balaban J connectivity index is 1.76. The van der Waals surface area contributed by atoms with Crippen molar-refractivity contribution < 1.29 is 14.3 Å². The molecule has 22 heavy (non-hydrogen) atoms. The van der Waals surface area contributed by atoms with Gasteiger partial charge in [-0.05, 0) is 12.8 Å². The van der Waals surface area contributed by atoms with Crippen molar-refractivity contribution in [1.29, 1.82) is 5.53 Å². The molecule has 3 aliphatic rings. The van der Waals surface area contributed by atoms with Crippen LogP contribution in [0.3, 0.4) is 0 Å². The van der Waals surface area contributed by atoms with Crippen LogP contribution in [0.25, 0.3) is 0 Å². The summed E-state index contributed by atoms with van der Waals surface area (Å²) in [5.74, 6) is 0.384. The number of rotatable bonds is 4. The summed E-state index contributed by atoms with van der Waals surface area (Å²) in [5.41, 5.74) is 9.79. The number of nitrogens with one attached hydrogen (secondary N) is 5. The molecule has 1 fully saturated rings. The number of ether oxygens (including phenoxy) is 2. The Morgan fingerprint density at radius 2 is 2.36 bits per heavy atom. The Bertz CT molecular complexity index is 483. The second kappa shape index (κ2) is 6.36. The lowest BCUT2D eigenvalue weighted by Crippen LogP contribution is -2.59. The highest BCUT2D eigenvalue weighted by Gasteiger charge is 2.38. The Morgan fingerprint density at radius 3 is 3.14 bits per heavy atom. The van der Waals surface area contributed by atoms with Crippen LogP contribution in [-0.2, 0) is 14.3 Å². The maximum atomic E-state index is 12.1. The van der Waals surface area contributed by atoms with Crippen molar-refractivity contribution in [2.24, 2.45) is 5.22 Å². The van der Waals surface area contributed by atoms with Crippen molar-refractivity contribution in [2.75, 3.05) is 19.9 Å². The molecular formula is C12H21N7O3. The van der Waals surface area contributed by atoms with Gasteiger partial charge in [-0.25, -0.2) is 0 Å². The minimum Gasteiger partial charge on any atom is -0.377 e. The molecular weight excluding hydrogens is 290 g/mol. The van der Waals surface area contributed by atoms with Crippen LogP contribution in [0, 0.1) is 5.53 Å². The molecule has 0 bridgehead atoms. The third-order valence-electron chi connectivity index (χ3n) is 3.92. The van der Waals surface area contributed by atoms with Gasteiger partial charge in [-0.2, -0.15) is 5.53 Å². The lowest BCUT2D eigenvalue weighted by atomic mass is 10.2. The molecule has 10 nitrogen and oxygen atoms in total. The Morgan fingerprint density at radius 1 is 1.50 bits per heavy atom. The summed E-state index contributed by atoms with van der Waals surface area (Å²) in [6.07, 6.45) is 1.05. The van der Waals surface area contributed by atoms with E-state index in [1.165, 1.54) is 0 Å². The van der Waals surface area contributed by atoms with E-state index in [0.29, 0.717) is 31.4 Å². The molecule has 1 saturated heterocycles. The standard InChI is InChI=1S/C12H21N7O3/c1-2-7-3-4-21-5-8(22-7)19-6-14-9-10(19)15-12(17-18-13)16-11(9)20/h7-8,12,14-15H,2-6H2,1H3,(H2,13,17)(H,16,20). The van der Waals surface area contributed by atoms with Gasteiger partial charge in [0.2, 0.25) is 0 Å². The summed E-state index contributed by atoms with van der Waals surface area (Å²) in [4.78, 5) is 14.0. The summed E-state index contributed by atoms with van der Waals surface area (Å²) < 4.78 is 11.7. The number of hydrogen-bond acceptors (Lipinski definition) is 8. The van der Waals surface area contributed by atoms with Crippen molar-refractivity contribution in [3.8, 4) is 0 Å². The molecule has 5 N–H and O–H groups in total. The molecule has 3 atom stereocenters. The first-order valence-electron chi connectivity index (χ1n) is 7.40. The lowest BCUT2D eigenvalue weighted by Gasteiger charge is -2.34. The second-order valence-corrected chi connectivity index (χ2v) is 5.30. The quantitative estimate of drug-likeness (QED) is 0.337. The van der Waals surface area contributed by atoms with Gasteiger partial charge in [0.1, 0.15) is 11.5 Å². The summed E-state index contributed by atoms with van der Waals surface area (Å²) in [6, 6.07) is 0. The normalized spacial score (nSPS) is 31.6. The summed E-state index contributed by atoms with van der Waals surface area (Å²) in [5, 5.41) is 11.9. The fourth-order valence-corrected chi connectivity index (χ4v) is 2.76. The lowest BCUT2D eigenvalue weighted by molar-refractivity contribution is -0.120. The minimum atomic E-state index is -0.625. The fourth-order valence-electron chi connectivity index (χ4n) is 2.76. The van der Waals surface area contributed by atoms with Crippen molar-refractivity contribution in [3.05, 3.63) is 11.5 Å². The van der Waals surface area contributed by atoms with E-state index in [9.17, 15) is 4.79 Å². The van der Waals surface area contributed by atoms with Crippen LogP contribution in [-0.4, -0.2) is 49.3 Å². The zero-order valence-electron chi connectivity index (χ0n) is 12.4. The van der Waals surface area contributed by atoms with Crippen LogP contribution >= 0.6 is 0 Å². The number of nitrogens with zero attached hydrogens (tertiary/aromatic N) is 2. The number of hydrogen-bond donors (Lipinski definition) is 5. The number of amides is 1. The van der Waals surface area contributed by atoms with Crippen molar-refractivity contribution in [2.45, 2.75) is 38.4 Å². The molecule has 0 saturated carbocycles. The Labute approximate surface area is 128 Å². The molecule has 0 spiro atoms. The highest BCUT2D eigenvalue weighted by Crippen LogP contribution is 2.23. The van der Waals surface area contributed by atoms with Crippen LogP contribution in [0.1, 0.15) is 19.8 Å². The molecule has 3 heterocycles. The van der Waals surface area contributed by atoms with Crippen molar-refractivity contribution >= 4 is 5.91 Å². The number of carbonyl (C=O) groups is 1. The van der Waals surface area contributed by atoms with Gasteiger partial charge in [0.15, 0.2) is 12.5 Å². The van der Waals surface area contributed by atoms with Crippen LogP contribution in [0.4, 0.5) is 0 Å². The van der Waals surface area contributed by atoms with Crippen LogP contribution in [0.15, 0.2) is 16.7 Å². The van der Waals surface area contributed by atoms with Gasteiger partial charge < -0.3 is 30.3 Å². The third kappa shape index (κ3) is 2.79. The van der Waals surface area contributed by atoms with Crippen molar-refractivity contribution in [3.63, 3.8) is 0 Å². The maximum absolute atomic E-state index is 12.1. The van der Waals surface area contributed by atoms with Gasteiger partial charge in [0, 0.05) is 6.61 Å². The highest BCUT2D eigenvalue weighted by molar-refractivity contribution is 5.94. The van der Waals surface area contributed by atoms with Crippen LogP contribution in [0.2, 0.25) is 0 Å². The van der Waals surface area contributed by atoms with E-state index in [-0.39, 0.29) is 18.2 Å². The molecule has 0 radical (unpaired) electrons. The van der Waals surface area contributed by atoms with E-state index in [1.54, 1.807) is 0 Å². The van der Waals surface area contributed by atoms with E-state index < -0.39 is 6.29 Å². The zero-order valence-corrected chi connectivity index (χ0v) is 12.4. The third-order valence-corrected chi connectivity index (χ3v) is 3.92. The minimum absolute atomic E-state index is 0.145. The topological polar surface area (TPSA) is 123 Å². The van der Waals surface area contributed by atoms with Gasteiger partial charge >= 0.3 is 0 Å². The van der Waals surface area contributed by atoms with E-state index in [2.05, 4.69) is 33.5 Å². The van der Waals surface area contributed by atoms with Crippen molar-refractivity contribution in [1.82, 2.24) is 26.3 Å². The molecule has 0 aliphatic carbocycles. The summed E-state index contributed by atoms with van der Waals surface area (Å²) in [6.45, 7) is 3.67. The first-order valence-corrected chi connectivity index (χ1v) is 7.40. The molecule has 122 valence electrons. The SMILES string of the molecule is CCC1CCOCC(N2CNC3=C2NC(NN=N)NC3=O)O1. The Hall–Kier alpha value is -2.07.